The lowest BCUT2D eigenvalue weighted by Gasteiger charge is -2.34. The summed E-state index contributed by atoms with van der Waals surface area (Å²) in [5, 5.41) is 13.6. The van der Waals surface area contributed by atoms with E-state index >= 15 is 0 Å². The van der Waals surface area contributed by atoms with Crippen LogP contribution >= 0.6 is 11.6 Å². The van der Waals surface area contributed by atoms with Crippen molar-refractivity contribution in [2.45, 2.75) is 18.9 Å². The summed E-state index contributed by atoms with van der Waals surface area (Å²) in [6.07, 6.45) is 0.611. The van der Waals surface area contributed by atoms with Crippen molar-refractivity contribution >= 4 is 17.3 Å². The first kappa shape index (κ1) is 14.8. The Hall–Kier alpha value is -1.58. The van der Waals surface area contributed by atoms with E-state index in [1.165, 1.54) is 6.07 Å². The fourth-order valence-corrected chi connectivity index (χ4v) is 2.32. The molecule has 0 aliphatic carbocycles. The Morgan fingerprint density at radius 3 is 2.35 bits per heavy atom. The quantitative estimate of drug-likeness (QED) is 0.866. The van der Waals surface area contributed by atoms with E-state index in [-0.39, 0.29) is 12.4 Å². The molecule has 106 valence electrons. The molecule has 0 aliphatic heterocycles. The SMILES string of the molecule is CCC(CO)(Nc1ccccc1F)c1ccc(Cl)cc1. The van der Waals surface area contributed by atoms with Crippen LogP contribution in [0.4, 0.5) is 10.1 Å². The largest absolute Gasteiger partial charge is 0.394 e. The Kier molecular flexibility index (Phi) is 4.63. The molecule has 0 aliphatic rings. The van der Waals surface area contributed by atoms with Crippen molar-refractivity contribution in [1.82, 2.24) is 0 Å². The highest BCUT2D eigenvalue weighted by molar-refractivity contribution is 6.30. The predicted molar refractivity (Wildman–Crippen MR) is 80.5 cm³/mol. The van der Waals surface area contributed by atoms with Crippen molar-refractivity contribution < 1.29 is 9.50 Å². The highest BCUT2D eigenvalue weighted by Crippen LogP contribution is 2.31. The molecule has 20 heavy (non-hydrogen) atoms. The van der Waals surface area contributed by atoms with Crippen LogP contribution in [0.3, 0.4) is 0 Å². The van der Waals surface area contributed by atoms with E-state index in [2.05, 4.69) is 5.32 Å². The maximum Gasteiger partial charge on any atom is 0.146 e. The molecule has 1 atom stereocenters. The minimum atomic E-state index is -0.729. The Morgan fingerprint density at radius 2 is 1.80 bits per heavy atom. The second kappa shape index (κ2) is 6.25. The van der Waals surface area contributed by atoms with Gasteiger partial charge in [0.2, 0.25) is 0 Å². The molecule has 0 aromatic heterocycles. The standard InChI is InChI=1S/C16H17ClFNO/c1-2-16(11-20,12-7-9-13(17)10-8-12)19-15-6-4-3-5-14(15)18/h3-10,19-20H,2,11H2,1H3. The summed E-state index contributed by atoms with van der Waals surface area (Å²) in [7, 11) is 0. The number of aliphatic hydroxyl groups is 1. The minimum Gasteiger partial charge on any atom is -0.394 e. The fourth-order valence-electron chi connectivity index (χ4n) is 2.20. The second-order valence-corrected chi connectivity index (χ2v) is 5.14. The highest BCUT2D eigenvalue weighted by atomic mass is 35.5. The molecule has 2 aromatic carbocycles. The van der Waals surface area contributed by atoms with Crippen LogP contribution in [0.1, 0.15) is 18.9 Å². The van der Waals surface area contributed by atoms with Crippen LogP contribution in [0, 0.1) is 5.82 Å². The zero-order chi connectivity index (χ0) is 14.6. The van der Waals surface area contributed by atoms with E-state index < -0.39 is 5.54 Å². The van der Waals surface area contributed by atoms with Crippen molar-refractivity contribution in [1.29, 1.82) is 0 Å². The number of nitrogens with one attached hydrogen (secondary N) is 1. The second-order valence-electron chi connectivity index (χ2n) is 4.71. The van der Waals surface area contributed by atoms with Gasteiger partial charge >= 0.3 is 0 Å². The average molecular weight is 294 g/mol. The van der Waals surface area contributed by atoms with Crippen LogP contribution in [-0.2, 0) is 5.54 Å². The van der Waals surface area contributed by atoms with Crippen LogP contribution in [0.2, 0.25) is 5.02 Å². The first-order chi connectivity index (χ1) is 9.61. The Labute approximate surface area is 123 Å². The molecule has 2 aromatic rings. The number of hydrogen-bond donors (Lipinski definition) is 2. The summed E-state index contributed by atoms with van der Waals surface area (Å²) >= 11 is 5.89. The summed E-state index contributed by atoms with van der Waals surface area (Å²) in [6.45, 7) is 1.80. The van der Waals surface area contributed by atoms with E-state index in [0.29, 0.717) is 17.1 Å². The van der Waals surface area contributed by atoms with Gasteiger partial charge in [-0.25, -0.2) is 4.39 Å². The molecular formula is C16H17ClFNO. The lowest BCUT2D eigenvalue weighted by Crippen LogP contribution is -2.38. The predicted octanol–water partition coefficient (Wildman–Crippen LogP) is 4.19. The molecule has 2 N–H and O–H groups in total. The lowest BCUT2D eigenvalue weighted by atomic mass is 9.87. The lowest BCUT2D eigenvalue weighted by molar-refractivity contribution is 0.207. The van der Waals surface area contributed by atoms with Gasteiger partial charge in [0.05, 0.1) is 17.8 Å². The van der Waals surface area contributed by atoms with Crippen molar-refractivity contribution in [2.75, 3.05) is 11.9 Å². The molecule has 1 unspecified atom stereocenters. The smallest absolute Gasteiger partial charge is 0.146 e. The topological polar surface area (TPSA) is 32.3 Å². The number of halogens is 2. The molecule has 0 amide bonds. The van der Waals surface area contributed by atoms with Crippen LogP contribution in [0.15, 0.2) is 48.5 Å². The van der Waals surface area contributed by atoms with Gasteiger partial charge in [-0.05, 0) is 36.2 Å². The zero-order valence-corrected chi connectivity index (χ0v) is 12.0. The highest BCUT2D eigenvalue weighted by Gasteiger charge is 2.30. The van der Waals surface area contributed by atoms with Crippen molar-refractivity contribution in [2.24, 2.45) is 0 Å². The van der Waals surface area contributed by atoms with Crippen molar-refractivity contribution in [3.05, 3.63) is 64.9 Å². The molecule has 0 heterocycles. The number of para-hydroxylation sites is 1. The van der Waals surface area contributed by atoms with Gasteiger partial charge in [-0.15, -0.1) is 0 Å². The van der Waals surface area contributed by atoms with E-state index in [9.17, 15) is 9.50 Å². The van der Waals surface area contributed by atoms with Crippen LogP contribution < -0.4 is 5.32 Å². The molecule has 4 heteroatoms. The van der Waals surface area contributed by atoms with Crippen molar-refractivity contribution in [3.63, 3.8) is 0 Å². The Bertz CT molecular complexity index is 567. The van der Waals surface area contributed by atoms with Gasteiger partial charge in [0, 0.05) is 5.02 Å². The number of aliphatic hydroxyl groups excluding tert-OH is 1. The van der Waals surface area contributed by atoms with Gasteiger partial charge in [0.25, 0.3) is 0 Å². The van der Waals surface area contributed by atoms with Gasteiger partial charge in [-0.1, -0.05) is 42.8 Å². The first-order valence-electron chi connectivity index (χ1n) is 6.51. The summed E-state index contributed by atoms with van der Waals surface area (Å²) in [6, 6.07) is 13.7. The Balaban J connectivity index is 2.39. The summed E-state index contributed by atoms with van der Waals surface area (Å²) in [5.74, 6) is -0.340. The van der Waals surface area contributed by atoms with E-state index in [1.807, 2.05) is 19.1 Å². The molecule has 0 saturated heterocycles. The maximum absolute atomic E-state index is 13.8. The van der Waals surface area contributed by atoms with Gasteiger partial charge in [-0.3, -0.25) is 0 Å². The summed E-state index contributed by atoms with van der Waals surface area (Å²) in [5.41, 5.74) is 0.515. The summed E-state index contributed by atoms with van der Waals surface area (Å²) in [4.78, 5) is 0. The Morgan fingerprint density at radius 1 is 1.15 bits per heavy atom. The number of benzene rings is 2. The number of hydrogen-bond acceptors (Lipinski definition) is 2. The zero-order valence-electron chi connectivity index (χ0n) is 11.2. The van der Waals surface area contributed by atoms with E-state index in [0.717, 1.165) is 5.56 Å². The molecule has 0 spiro atoms. The van der Waals surface area contributed by atoms with Gasteiger partial charge in [0.1, 0.15) is 5.82 Å². The third-order valence-corrected chi connectivity index (χ3v) is 3.77. The van der Waals surface area contributed by atoms with Gasteiger partial charge < -0.3 is 10.4 Å². The van der Waals surface area contributed by atoms with Crippen molar-refractivity contribution in [3.8, 4) is 0 Å². The van der Waals surface area contributed by atoms with Gasteiger partial charge in [0.15, 0.2) is 0 Å². The normalized spacial score (nSPS) is 13.8. The molecule has 2 nitrogen and oxygen atoms in total. The van der Waals surface area contributed by atoms with E-state index in [1.54, 1.807) is 30.3 Å². The van der Waals surface area contributed by atoms with E-state index in [4.69, 9.17) is 11.6 Å². The van der Waals surface area contributed by atoms with Gasteiger partial charge in [-0.2, -0.15) is 0 Å². The molecule has 0 fully saturated rings. The minimum absolute atomic E-state index is 0.139. The molecule has 0 bridgehead atoms. The molecule has 2 rings (SSSR count). The monoisotopic (exact) mass is 293 g/mol. The van der Waals surface area contributed by atoms with Crippen LogP contribution in [0.5, 0.6) is 0 Å². The summed E-state index contributed by atoms with van der Waals surface area (Å²) < 4.78 is 13.8. The first-order valence-corrected chi connectivity index (χ1v) is 6.89. The van der Waals surface area contributed by atoms with Crippen LogP contribution in [0.25, 0.3) is 0 Å². The molecule has 0 saturated carbocycles. The third-order valence-electron chi connectivity index (χ3n) is 3.52. The number of rotatable bonds is 5. The number of anilines is 1. The maximum atomic E-state index is 13.8. The van der Waals surface area contributed by atoms with Crippen LogP contribution in [-0.4, -0.2) is 11.7 Å². The molecular weight excluding hydrogens is 277 g/mol. The molecule has 0 radical (unpaired) electrons. The fraction of sp³-hybridized carbons (Fsp3) is 0.250. The average Bonchev–Trinajstić information content (AvgIpc) is 2.48. The third kappa shape index (κ3) is 2.94.